The first-order valence-electron chi connectivity index (χ1n) is 9.70. The molecule has 7 nitrogen and oxygen atoms in total. The van der Waals surface area contributed by atoms with Gasteiger partial charge in [-0.3, -0.25) is 4.79 Å². The van der Waals surface area contributed by atoms with Crippen molar-refractivity contribution < 1.29 is 28.8 Å². The zero-order chi connectivity index (χ0) is 20.2. The standard InChI is InChI=1S/C22H25NO6/c1-14(24)23-18-19(25)20-17(13-27-21(29-20)16-10-6-3-7-11-16)28-22(18)26-12-15-8-4-2-5-9-15/h2-11,17-22,25H,12-13H2,1H3,(H,23,24)/t17-,18-,19-,20-,21-,22+/m1/s1. The first kappa shape index (κ1) is 20.0. The third-order valence-electron chi connectivity index (χ3n) is 5.06. The number of ether oxygens (including phenoxy) is 4. The molecule has 0 saturated carbocycles. The maximum absolute atomic E-state index is 11.7. The summed E-state index contributed by atoms with van der Waals surface area (Å²) >= 11 is 0. The molecule has 1 amide bonds. The third-order valence-corrected chi connectivity index (χ3v) is 5.06. The highest BCUT2D eigenvalue weighted by molar-refractivity contribution is 5.73. The van der Waals surface area contributed by atoms with Crippen molar-refractivity contribution in [2.45, 2.75) is 50.5 Å². The summed E-state index contributed by atoms with van der Waals surface area (Å²) in [7, 11) is 0. The number of aliphatic hydroxyl groups excluding tert-OH is 1. The van der Waals surface area contributed by atoms with E-state index in [0.29, 0.717) is 6.61 Å². The molecule has 154 valence electrons. The van der Waals surface area contributed by atoms with Crippen molar-refractivity contribution in [2.75, 3.05) is 6.61 Å². The number of nitrogens with one attached hydrogen (secondary N) is 1. The largest absolute Gasteiger partial charge is 0.388 e. The lowest BCUT2D eigenvalue weighted by molar-refractivity contribution is -0.345. The van der Waals surface area contributed by atoms with E-state index in [2.05, 4.69) is 5.32 Å². The number of rotatable bonds is 5. The number of fused-ring (bicyclic) bond motifs is 1. The molecule has 0 bridgehead atoms. The molecule has 2 aliphatic rings. The number of benzene rings is 2. The summed E-state index contributed by atoms with van der Waals surface area (Å²) in [6.07, 6.45) is -3.59. The fourth-order valence-corrected chi connectivity index (χ4v) is 3.65. The summed E-state index contributed by atoms with van der Waals surface area (Å²) in [5.41, 5.74) is 1.83. The molecular formula is C22H25NO6. The molecule has 2 aliphatic heterocycles. The molecular weight excluding hydrogens is 374 g/mol. The van der Waals surface area contributed by atoms with Crippen LogP contribution in [0.5, 0.6) is 0 Å². The number of hydrogen-bond acceptors (Lipinski definition) is 6. The Morgan fingerprint density at radius 1 is 1.10 bits per heavy atom. The molecule has 2 N–H and O–H groups in total. The molecule has 0 radical (unpaired) electrons. The highest BCUT2D eigenvalue weighted by atomic mass is 16.7. The summed E-state index contributed by atoms with van der Waals surface area (Å²) in [6.45, 7) is 1.93. The number of carbonyl (C=O) groups excluding carboxylic acids is 1. The number of carbonyl (C=O) groups is 1. The fourth-order valence-electron chi connectivity index (χ4n) is 3.65. The Hall–Kier alpha value is -2.29. The van der Waals surface area contributed by atoms with Crippen LogP contribution in [0.3, 0.4) is 0 Å². The number of hydrogen-bond donors (Lipinski definition) is 2. The summed E-state index contributed by atoms with van der Waals surface area (Å²) in [4.78, 5) is 11.7. The highest BCUT2D eigenvalue weighted by Gasteiger charge is 2.50. The van der Waals surface area contributed by atoms with Crippen molar-refractivity contribution in [1.29, 1.82) is 0 Å². The average Bonchev–Trinajstić information content (AvgIpc) is 2.75. The van der Waals surface area contributed by atoms with Gasteiger partial charge in [0.1, 0.15) is 24.4 Å². The minimum absolute atomic E-state index is 0.249. The molecule has 0 aliphatic carbocycles. The first-order chi connectivity index (χ1) is 14.1. The first-order valence-corrected chi connectivity index (χ1v) is 9.70. The average molecular weight is 399 g/mol. The van der Waals surface area contributed by atoms with E-state index < -0.39 is 36.9 Å². The van der Waals surface area contributed by atoms with E-state index in [1.807, 2.05) is 60.7 Å². The topological polar surface area (TPSA) is 86.3 Å². The molecule has 2 aromatic carbocycles. The van der Waals surface area contributed by atoms with Gasteiger partial charge in [-0.25, -0.2) is 0 Å². The maximum atomic E-state index is 11.7. The van der Waals surface area contributed by atoms with Gasteiger partial charge in [-0.2, -0.15) is 0 Å². The van der Waals surface area contributed by atoms with E-state index in [-0.39, 0.29) is 12.5 Å². The van der Waals surface area contributed by atoms with Crippen LogP contribution in [0.25, 0.3) is 0 Å². The van der Waals surface area contributed by atoms with Gasteiger partial charge < -0.3 is 29.4 Å². The van der Waals surface area contributed by atoms with E-state index >= 15 is 0 Å². The van der Waals surface area contributed by atoms with Gasteiger partial charge in [0, 0.05) is 12.5 Å². The van der Waals surface area contributed by atoms with Gasteiger partial charge in [-0.1, -0.05) is 60.7 Å². The van der Waals surface area contributed by atoms with Gasteiger partial charge in [-0.15, -0.1) is 0 Å². The smallest absolute Gasteiger partial charge is 0.217 e. The van der Waals surface area contributed by atoms with E-state index in [1.54, 1.807) is 0 Å². The van der Waals surface area contributed by atoms with Crippen molar-refractivity contribution in [3.63, 3.8) is 0 Å². The lowest BCUT2D eigenvalue weighted by Gasteiger charge is -2.47. The molecule has 0 unspecified atom stereocenters. The summed E-state index contributed by atoms with van der Waals surface area (Å²) < 4.78 is 23.8. The van der Waals surface area contributed by atoms with E-state index in [0.717, 1.165) is 11.1 Å². The minimum atomic E-state index is -1.01. The predicted molar refractivity (Wildman–Crippen MR) is 104 cm³/mol. The third kappa shape index (κ3) is 4.66. The van der Waals surface area contributed by atoms with Crippen LogP contribution in [-0.2, 0) is 30.3 Å². The second-order valence-corrected chi connectivity index (χ2v) is 7.23. The minimum Gasteiger partial charge on any atom is -0.388 e. The second kappa shape index (κ2) is 9.02. The van der Waals surface area contributed by atoms with Gasteiger partial charge in [0.05, 0.1) is 13.2 Å². The van der Waals surface area contributed by atoms with Crippen molar-refractivity contribution in [3.8, 4) is 0 Å². The molecule has 4 rings (SSSR count). The summed E-state index contributed by atoms with van der Waals surface area (Å²) in [5, 5.41) is 13.7. The van der Waals surface area contributed by atoms with E-state index in [9.17, 15) is 9.90 Å². The number of aliphatic hydroxyl groups is 1. The second-order valence-electron chi connectivity index (χ2n) is 7.23. The molecule has 7 heteroatoms. The summed E-state index contributed by atoms with van der Waals surface area (Å²) in [6, 6.07) is 18.4. The van der Waals surface area contributed by atoms with Gasteiger partial charge >= 0.3 is 0 Å². The normalized spacial score (nSPS) is 31.7. The molecule has 29 heavy (non-hydrogen) atoms. The Kier molecular flexibility index (Phi) is 6.22. The molecule has 0 aromatic heterocycles. The van der Waals surface area contributed by atoms with Crippen LogP contribution in [0.2, 0.25) is 0 Å². The predicted octanol–water partition coefficient (Wildman–Crippen LogP) is 1.91. The Balaban J connectivity index is 1.48. The van der Waals surface area contributed by atoms with Crippen LogP contribution >= 0.6 is 0 Å². The molecule has 2 aromatic rings. The Morgan fingerprint density at radius 2 is 1.79 bits per heavy atom. The monoisotopic (exact) mass is 399 g/mol. The van der Waals surface area contributed by atoms with Crippen LogP contribution in [0.1, 0.15) is 24.3 Å². The Bertz CT molecular complexity index is 801. The van der Waals surface area contributed by atoms with Crippen LogP contribution < -0.4 is 5.32 Å². The lowest BCUT2D eigenvalue weighted by atomic mass is 9.95. The highest BCUT2D eigenvalue weighted by Crippen LogP contribution is 2.34. The van der Waals surface area contributed by atoms with Crippen molar-refractivity contribution >= 4 is 5.91 Å². The quantitative estimate of drug-likeness (QED) is 0.799. The van der Waals surface area contributed by atoms with Gasteiger partial charge in [-0.05, 0) is 5.56 Å². The molecule has 2 heterocycles. The summed E-state index contributed by atoms with van der Waals surface area (Å²) in [5.74, 6) is -0.281. The zero-order valence-corrected chi connectivity index (χ0v) is 16.1. The Morgan fingerprint density at radius 3 is 2.48 bits per heavy atom. The van der Waals surface area contributed by atoms with Gasteiger partial charge in [0.15, 0.2) is 12.6 Å². The molecule has 0 spiro atoms. The van der Waals surface area contributed by atoms with Crippen LogP contribution in [-0.4, -0.2) is 48.3 Å². The Labute approximate surface area is 169 Å². The maximum Gasteiger partial charge on any atom is 0.217 e. The fraction of sp³-hybridized carbons (Fsp3) is 0.409. The van der Waals surface area contributed by atoms with Gasteiger partial charge in [0.2, 0.25) is 5.91 Å². The van der Waals surface area contributed by atoms with Crippen molar-refractivity contribution in [2.24, 2.45) is 0 Å². The molecule has 2 saturated heterocycles. The lowest BCUT2D eigenvalue weighted by Crippen LogP contribution is -2.66. The molecule has 2 fully saturated rings. The van der Waals surface area contributed by atoms with Crippen LogP contribution in [0.15, 0.2) is 60.7 Å². The van der Waals surface area contributed by atoms with Gasteiger partial charge in [0.25, 0.3) is 0 Å². The number of amides is 1. The molecule has 6 atom stereocenters. The zero-order valence-electron chi connectivity index (χ0n) is 16.1. The SMILES string of the molecule is CC(=O)N[C@H]1[C@@H](OCc2ccccc2)O[C@@H]2CO[C@@H](c3ccccc3)O[C@H]2[C@@H]1O. The van der Waals surface area contributed by atoms with E-state index in [4.69, 9.17) is 18.9 Å². The van der Waals surface area contributed by atoms with Crippen LogP contribution in [0.4, 0.5) is 0 Å². The van der Waals surface area contributed by atoms with Crippen LogP contribution in [0, 0.1) is 0 Å². The van der Waals surface area contributed by atoms with Crippen molar-refractivity contribution in [3.05, 3.63) is 71.8 Å². The van der Waals surface area contributed by atoms with E-state index in [1.165, 1.54) is 6.92 Å². The van der Waals surface area contributed by atoms with Crippen molar-refractivity contribution in [1.82, 2.24) is 5.32 Å².